The van der Waals surface area contributed by atoms with Gasteiger partial charge in [-0.1, -0.05) is 6.92 Å². The summed E-state index contributed by atoms with van der Waals surface area (Å²) >= 11 is 1.91. The molecule has 0 spiro atoms. The third-order valence-electron chi connectivity index (χ3n) is 3.54. The lowest BCUT2D eigenvalue weighted by Crippen LogP contribution is -2.39. The van der Waals surface area contributed by atoms with Gasteiger partial charge < -0.3 is 15.4 Å². The number of amides is 1. The summed E-state index contributed by atoms with van der Waals surface area (Å²) in [6.45, 7) is 8.98. The molecule has 0 aromatic rings. The first-order valence-corrected chi connectivity index (χ1v) is 8.84. The number of alkyl carbamates (subject to hydrolysis) is 1. The lowest BCUT2D eigenvalue weighted by molar-refractivity contribution is 0.0505. The van der Waals surface area contributed by atoms with E-state index in [0.29, 0.717) is 11.3 Å². The summed E-state index contributed by atoms with van der Waals surface area (Å²) < 4.78 is 5.29. The molecule has 1 rings (SSSR count). The maximum Gasteiger partial charge on any atom is 0.407 e. The molecule has 118 valence electrons. The first-order valence-electron chi connectivity index (χ1n) is 7.56. The summed E-state index contributed by atoms with van der Waals surface area (Å²) in [4.78, 5) is 11.7. The van der Waals surface area contributed by atoms with Gasteiger partial charge in [-0.2, -0.15) is 11.8 Å². The Hall–Kier alpha value is -0.420. The van der Waals surface area contributed by atoms with Crippen molar-refractivity contribution in [2.24, 2.45) is 0 Å². The standard InChI is InChI=1S/C15H30N2O2S/c1-11(20-5)8-9-16-12-6-7-13(10-12)17-14(18)19-15(2,3)4/h11-13,16H,6-10H2,1-5H3,(H,17,18). The lowest BCUT2D eigenvalue weighted by Gasteiger charge is -2.22. The molecule has 1 saturated carbocycles. The number of hydrogen-bond donors (Lipinski definition) is 2. The van der Waals surface area contributed by atoms with E-state index >= 15 is 0 Å². The minimum Gasteiger partial charge on any atom is -0.444 e. The van der Waals surface area contributed by atoms with Crippen LogP contribution in [-0.2, 0) is 4.74 Å². The average Bonchev–Trinajstić information content (AvgIpc) is 2.73. The van der Waals surface area contributed by atoms with Gasteiger partial charge in [-0.15, -0.1) is 0 Å². The van der Waals surface area contributed by atoms with Gasteiger partial charge in [0, 0.05) is 17.3 Å². The Bertz CT molecular complexity index is 305. The van der Waals surface area contributed by atoms with Gasteiger partial charge in [-0.25, -0.2) is 4.79 Å². The van der Waals surface area contributed by atoms with E-state index in [4.69, 9.17) is 4.74 Å². The number of hydrogen-bond acceptors (Lipinski definition) is 4. The molecule has 0 aliphatic heterocycles. The number of carbonyl (C=O) groups is 1. The van der Waals surface area contributed by atoms with Crippen molar-refractivity contribution in [2.45, 2.75) is 76.3 Å². The van der Waals surface area contributed by atoms with E-state index in [1.807, 2.05) is 32.5 Å². The monoisotopic (exact) mass is 302 g/mol. The van der Waals surface area contributed by atoms with E-state index in [-0.39, 0.29) is 12.1 Å². The number of ether oxygens (including phenoxy) is 1. The van der Waals surface area contributed by atoms with Crippen LogP contribution in [0, 0.1) is 0 Å². The Labute approximate surface area is 127 Å². The minimum absolute atomic E-state index is 0.250. The maximum atomic E-state index is 11.7. The highest BCUT2D eigenvalue weighted by Gasteiger charge is 2.27. The topological polar surface area (TPSA) is 50.4 Å². The molecule has 3 atom stereocenters. The number of thioether (sulfide) groups is 1. The van der Waals surface area contributed by atoms with Crippen LogP contribution in [-0.4, -0.2) is 41.8 Å². The fourth-order valence-corrected chi connectivity index (χ4v) is 2.73. The normalized spacial score (nSPS) is 24.4. The highest BCUT2D eigenvalue weighted by molar-refractivity contribution is 7.99. The number of rotatable bonds is 6. The van der Waals surface area contributed by atoms with E-state index in [1.54, 1.807) is 0 Å². The van der Waals surface area contributed by atoms with Crippen molar-refractivity contribution in [3.63, 3.8) is 0 Å². The van der Waals surface area contributed by atoms with Crippen LogP contribution in [0.15, 0.2) is 0 Å². The predicted octanol–water partition coefficient (Wildman–Crippen LogP) is 3.16. The molecule has 0 saturated heterocycles. The minimum atomic E-state index is -0.422. The third-order valence-corrected chi connectivity index (χ3v) is 4.58. The van der Waals surface area contributed by atoms with Gasteiger partial charge in [0.25, 0.3) is 0 Å². The van der Waals surface area contributed by atoms with Crippen LogP contribution in [0.3, 0.4) is 0 Å². The van der Waals surface area contributed by atoms with E-state index in [1.165, 1.54) is 6.42 Å². The van der Waals surface area contributed by atoms with Gasteiger partial charge in [-0.05, 0) is 59.3 Å². The summed E-state index contributed by atoms with van der Waals surface area (Å²) in [5.41, 5.74) is -0.422. The van der Waals surface area contributed by atoms with Crippen molar-refractivity contribution in [1.82, 2.24) is 10.6 Å². The SMILES string of the molecule is CSC(C)CCNC1CCC(NC(=O)OC(C)(C)C)C1. The van der Waals surface area contributed by atoms with Gasteiger partial charge in [0.1, 0.15) is 5.60 Å². The third kappa shape index (κ3) is 7.39. The maximum absolute atomic E-state index is 11.7. The molecular formula is C15H30N2O2S. The molecule has 2 N–H and O–H groups in total. The van der Waals surface area contributed by atoms with E-state index < -0.39 is 5.60 Å². The second-order valence-electron chi connectivity index (χ2n) is 6.64. The highest BCUT2D eigenvalue weighted by atomic mass is 32.2. The van der Waals surface area contributed by atoms with E-state index in [2.05, 4.69) is 23.8 Å². The van der Waals surface area contributed by atoms with Gasteiger partial charge in [0.05, 0.1) is 0 Å². The van der Waals surface area contributed by atoms with Crippen molar-refractivity contribution >= 4 is 17.9 Å². The number of nitrogens with one attached hydrogen (secondary N) is 2. The van der Waals surface area contributed by atoms with Crippen LogP contribution < -0.4 is 10.6 Å². The second-order valence-corrected chi connectivity index (χ2v) is 7.92. The Morgan fingerprint density at radius 1 is 1.35 bits per heavy atom. The predicted molar refractivity (Wildman–Crippen MR) is 86.4 cm³/mol. The Balaban J connectivity index is 2.18. The van der Waals surface area contributed by atoms with Crippen LogP contribution in [0.4, 0.5) is 4.79 Å². The van der Waals surface area contributed by atoms with Crippen LogP contribution in [0.1, 0.15) is 53.4 Å². The molecule has 1 amide bonds. The molecule has 4 nitrogen and oxygen atoms in total. The zero-order valence-corrected chi connectivity index (χ0v) is 14.3. The van der Waals surface area contributed by atoms with E-state index in [0.717, 1.165) is 25.8 Å². The van der Waals surface area contributed by atoms with Gasteiger partial charge in [0.15, 0.2) is 0 Å². The van der Waals surface area contributed by atoms with Crippen LogP contribution in [0.2, 0.25) is 0 Å². The molecule has 1 aliphatic carbocycles. The molecule has 5 heteroatoms. The van der Waals surface area contributed by atoms with Crippen molar-refractivity contribution in [2.75, 3.05) is 12.8 Å². The summed E-state index contributed by atoms with van der Waals surface area (Å²) in [6, 6.07) is 0.782. The van der Waals surface area contributed by atoms with Gasteiger partial charge >= 0.3 is 6.09 Å². The van der Waals surface area contributed by atoms with Crippen LogP contribution >= 0.6 is 11.8 Å². The molecule has 0 radical (unpaired) electrons. The summed E-state index contributed by atoms with van der Waals surface area (Å²) in [6.07, 6.45) is 6.23. The lowest BCUT2D eigenvalue weighted by atomic mass is 10.2. The Morgan fingerprint density at radius 2 is 2.00 bits per heavy atom. The largest absolute Gasteiger partial charge is 0.444 e. The molecule has 0 aromatic heterocycles. The molecular weight excluding hydrogens is 272 g/mol. The molecule has 3 unspecified atom stereocenters. The fourth-order valence-electron chi connectivity index (χ4n) is 2.38. The molecule has 0 heterocycles. The zero-order chi connectivity index (χ0) is 15.2. The summed E-state index contributed by atoms with van der Waals surface area (Å²) in [7, 11) is 0. The highest BCUT2D eigenvalue weighted by Crippen LogP contribution is 2.20. The zero-order valence-electron chi connectivity index (χ0n) is 13.5. The van der Waals surface area contributed by atoms with Crippen molar-refractivity contribution < 1.29 is 9.53 Å². The number of carbonyl (C=O) groups excluding carboxylic acids is 1. The average molecular weight is 302 g/mol. The van der Waals surface area contributed by atoms with Crippen molar-refractivity contribution in [1.29, 1.82) is 0 Å². The molecule has 1 aliphatic rings. The fraction of sp³-hybridized carbons (Fsp3) is 0.933. The Kier molecular flexibility index (Phi) is 7.17. The molecule has 0 aromatic carbocycles. The quantitative estimate of drug-likeness (QED) is 0.791. The smallest absolute Gasteiger partial charge is 0.407 e. The van der Waals surface area contributed by atoms with Crippen LogP contribution in [0.25, 0.3) is 0 Å². The van der Waals surface area contributed by atoms with E-state index in [9.17, 15) is 4.79 Å². The van der Waals surface area contributed by atoms with Crippen molar-refractivity contribution in [3.05, 3.63) is 0 Å². The summed E-state index contributed by atoms with van der Waals surface area (Å²) in [5.74, 6) is 0. The first-order chi connectivity index (χ1) is 9.30. The van der Waals surface area contributed by atoms with Crippen molar-refractivity contribution in [3.8, 4) is 0 Å². The Morgan fingerprint density at radius 3 is 2.60 bits per heavy atom. The first kappa shape index (κ1) is 17.6. The molecule has 0 bridgehead atoms. The van der Waals surface area contributed by atoms with Gasteiger partial charge in [-0.3, -0.25) is 0 Å². The van der Waals surface area contributed by atoms with Crippen LogP contribution in [0.5, 0.6) is 0 Å². The molecule has 20 heavy (non-hydrogen) atoms. The summed E-state index contributed by atoms with van der Waals surface area (Å²) in [5, 5.41) is 7.27. The molecule has 1 fully saturated rings. The second kappa shape index (κ2) is 8.13. The van der Waals surface area contributed by atoms with Gasteiger partial charge in [0.2, 0.25) is 0 Å².